The number of para-hydroxylation sites is 1. The average Bonchev–Trinajstić information content (AvgIpc) is 2.48. The first kappa shape index (κ1) is 14.1. The fraction of sp³-hybridized carbons (Fsp3) is 0.0833. The summed E-state index contributed by atoms with van der Waals surface area (Å²) >= 11 is 3.20. The second-order valence-corrected chi connectivity index (χ2v) is 4.72. The first-order valence-electron chi connectivity index (χ1n) is 5.60. The molecule has 0 atom stereocenters. The highest BCUT2D eigenvalue weighted by atomic mass is 79.9. The number of aromatic nitrogens is 2. The monoisotopic (exact) mass is 337 g/mol. The van der Waals surface area contributed by atoms with E-state index in [1.807, 2.05) is 0 Å². The van der Waals surface area contributed by atoms with E-state index in [1.54, 1.807) is 36.2 Å². The zero-order valence-electron chi connectivity index (χ0n) is 10.5. The molecule has 0 bridgehead atoms. The van der Waals surface area contributed by atoms with Crippen LogP contribution in [0.4, 0.5) is 11.5 Å². The summed E-state index contributed by atoms with van der Waals surface area (Å²) in [5.74, 6) is 0.403. The van der Waals surface area contributed by atoms with E-state index in [1.165, 1.54) is 6.33 Å². The Hall–Kier alpha value is -2.35. The molecule has 0 fully saturated rings. The summed E-state index contributed by atoms with van der Waals surface area (Å²) in [5, 5.41) is 11.8. The predicted octanol–water partition coefficient (Wildman–Crippen LogP) is 1.39. The number of benzene rings is 1. The number of amidine groups is 1. The molecule has 0 aliphatic heterocycles. The maximum atomic E-state index is 11.6. The zero-order chi connectivity index (χ0) is 14.7. The fourth-order valence-corrected chi connectivity index (χ4v) is 2.24. The second kappa shape index (κ2) is 5.74. The van der Waals surface area contributed by atoms with Crippen molar-refractivity contribution in [3.8, 4) is 0 Å². The van der Waals surface area contributed by atoms with Crippen molar-refractivity contribution < 1.29 is 5.21 Å². The largest absolute Gasteiger partial charge is 0.409 e. The number of anilines is 2. The molecule has 0 aliphatic carbocycles. The van der Waals surface area contributed by atoms with Crippen molar-refractivity contribution in [1.29, 1.82) is 0 Å². The van der Waals surface area contributed by atoms with E-state index in [0.717, 1.165) is 0 Å². The molecule has 1 aromatic carbocycles. The van der Waals surface area contributed by atoms with Gasteiger partial charge in [-0.3, -0.25) is 4.79 Å². The third kappa shape index (κ3) is 2.50. The molecule has 0 saturated heterocycles. The molecule has 1 aromatic heterocycles. The third-order valence-electron chi connectivity index (χ3n) is 2.74. The van der Waals surface area contributed by atoms with Crippen molar-refractivity contribution in [1.82, 2.24) is 9.97 Å². The number of nitrogens with two attached hydrogens (primary N) is 1. The van der Waals surface area contributed by atoms with E-state index in [-0.39, 0.29) is 11.4 Å². The van der Waals surface area contributed by atoms with Crippen molar-refractivity contribution in [3.05, 3.63) is 51.0 Å². The summed E-state index contributed by atoms with van der Waals surface area (Å²) in [6.45, 7) is 0. The van der Waals surface area contributed by atoms with E-state index in [2.05, 4.69) is 31.1 Å². The molecule has 1 heterocycles. The van der Waals surface area contributed by atoms with Crippen LogP contribution in [-0.4, -0.2) is 28.1 Å². The topological polar surface area (TPSA) is 108 Å². The molecule has 8 heteroatoms. The molecule has 0 amide bonds. The molecule has 0 radical (unpaired) electrons. The normalized spacial score (nSPS) is 11.4. The molecule has 2 aromatic rings. The van der Waals surface area contributed by atoms with Crippen LogP contribution in [0, 0.1) is 0 Å². The lowest BCUT2D eigenvalue weighted by atomic mass is 10.1. The summed E-state index contributed by atoms with van der Waals surface area (Å²) in [6.07, 6.45) is 1.31. The summed E-state index contributed by atoms with van der Waals surface area (Å²) in [5.41, 5.74) is 6.55. The number of halogens is 1. The van der Waals surface area contributed by atoms with E-state index in [4.69, 9.17) is 10.9 Å². The first-order valence-corrected chi connectivity index (χ1v) is 6.39. The molecule has 4 N–H and O–H groups in total. The maximum Gasteiger partial charge on any atom is 0.267 e. The summed E-state index contributed by atoms with van der Waals surface area (Å²) < 4.78 is 0.303. The highest BCUT2D eigenvalue weighted by Crippen LogP contribution is 2.28. The number of H-pyrrole nitrogens is 1. The van der Waals surface area contributed by atoms with Gasteiger partial charge in [-0.2, -0.15) is 0 Å². The van der Waals surface area contributed by atoms with Gasteiger partial charge in [-0.05, 0) is 28.1 Å². The van der Waals surface area contributed by atoms with Crippen LogP contribution in [0.1, 0.15) is 5.56 Å². The van der Waals surface area contributed by atoms with Gasteiger partial charge >= 0.3 is 0 Å². The highest BCUT2D eigenvalue weighted by molar-refractivity contribution is 9.10. The van der Waals surface area contributed by atoms with Crippen molar-refractivity contribution >= 4 is 33.3 Å². The molecule has 2 rings (SSSR count). The number of nitrogens with zero attached hydrogens (tertiary/aromatic N) is 3. The Bertz CT molecular complexity index is 713. The molecular weight excluding hydrogens is 326 g/mol. The van der Waals surface area contributed by atoms with Gasteiger partial charge in [-0.15, -0.1) is 0 Å². The lowest BCUT2D eigenvalue weighted by Crippen LogP contribution is -2.22. The minimum atomic E-state index is -0.289. The molecule has 0 unspecified atom stereocenters. The summed E-state index contributed by atoms with van der Waals surface area (Å²) in [6, 6.07) is 7.07. The second-order valence-electron chi connectivity index (χ2n) is 3.93. The van der Waals surface area contributed by atoms with Crippen LogP contribution < -0.4 is 16.2 Å². The van der Waals surface area contributed by atoms with Crippen LogP contribution in [0.25, 0.3) is 0 Å². The zero-order valence-corrected chi connectivity index (χ0v) is 12.1. The molecule has 20 heavy (non-hydrogen) atoms. The lowest BCUT2D eigenvalue weighted by Gasteiger charge is -2.21. The Morgan fingerprint density at radius 3 is 2.90 bits per heavy atom. The van der Waals surface area contributed by atoms with Gasteiger partial charge in [0.1, 0.15) is 4.47 Å². The SMILES string of the molecule is CN(c1ccccc1/C(N)=N/O)c1nc[nH]c(=O)c1Br. The standard InChI is InChI=1S/C12H12BrN5O2/c1-18(11-9(13)12(19)16-6-15-11)8-5-3-2-4-7(8)10(14)17-20/h2-6,20H,1H3,(H2,14,17)(H,15,16,19). The van der Waals surface area contributed by atoms with Crippen LogP contribution in [0.3, 0.4) is 0 Å². The average molecular weight is 338 g/mol. The molecule has 0 aliphatic rings. The van der Waals surface area contributed by atoms with E-state index >= 15 is 0 Å². The number of hydrogen-bond acceptors (Lipinski definition) is 5. The minimum absolute atomic E-state index is 0.0200. The van der Waals surface area contributed by atoms with Crippen LogP contribution >= 0.6 is 15.9 Å². The highest BCUT2D eigenvalue weighted by Gasteiger charge is 2.16. The van der Waals surface area contributed by atoms with Crippen molar-refractivity contribution in [2.24, 2.45) is 10.9 Å². The Morgan fingerprint density at radius 2 is 2.20 bits per heavy atom. The van der Waals surface area contributed by atoms with Crippen LogP contribution in [0.2, 0.25) is 0 Å². The van der Waals surface area contributed by atoms with E-state index in [0.29, 0.717) is 21.5 Å². The van der Waals surface area contributed by atoms with Crippen molar-refractivity contribution in [3.63, 3.8) is 0 Å². The minimum Gasteiger partial charge on any atom is -0.409 e. The van der Waals surface area contributed by atoms with Gasteiger partial charge in [-0.1, -0.05) is 17.3 Å². The maximum absolute atomic E-state index is 11.6. The van der Waals surface area contributed by atoms with Gasteiger partial charge in [0.05, 0.1) is 12.0 Å². The molecular formula is C12H12BrN5O2. The van der Waals surface area contributed by atoms with Crippen molar-refractivity contribution in [2.45, 2.75) is 0 Å². The van der Waals surface area contributed by atoms with Crippen LogP contribution in [-0.2, 0) is 0 Å². The van der Waals surface area contributed by atoms with E-state index in [9.17, 15) is 4.79 Å². The molecule has 7 nitrogen and oxygen atoms in total. The van der Waals surface area contributed by atoms with Gasteiger partial charge < -0.3 is 20.8 Å². The Labute approximate surface area is 122 Å². The lowest BCUT2D eigenvalue weighted by molar-refractivity contribution is 0.318. The molecule has 0 saturated carbocycles. The first-order chi connectivity index (χ1) is 9.56. The number of hydrogen-bond donors (Lipinski definition) is 3. The van der Waals surface area contributed by atoms with Crippen LogP contribution in [0.5, 0.6) is 0 Å². The quantitative estimate of drug-likeness (QED) is 0.339. The fourth-order valence-electron chi connectivity index (χ4n) is 1.76. The van der Waals surface area contributed by atoms with Gasteiger partial charge in [0.2, 0.25) is 0 Å². The molecule has 0 spiro atoms. The van der Waals surface area contributed by atoms with Gasteiger partial charge in [0.15, 0.2) is 11.7 Å². The van der Waals surface area contributed by atoms with Gasteiger partial charge in [0, 0.05) is 12.6 Å². The smallest absolute Gasteiger partial charge is 0.267 e. The number of aromatic amines is 1. The summed E-state index contributed by atoms with van der Waals surface area (Å²) in [4.78, 5) is 19.9. The molecule has 104 valence electrons. The number of oxime groups is 1. The predicted molar refractivity (Wildman–Crippen MR) is 79.6 cm³/mol. The Balaban J connectivity index is 2.57. The van der Waals surface area contributed by atoms with Crippen molar-refractivity contribution in [2.75, 3.05) is 11.9 Å². The van der Waals surface area contributed by atoms with Crippen LogP contribution in [0.15, 0.2) is 45.0 Å². The third-order valence-corrected chi connectivity index (χ3v) is 3.46. The number of rotatable bonds is 3. The Morgan fingerprint density at radius 1 is 1.50 bits per heavy atom. The van der Waals surface area contributed by atoms with E-state index < -0.39 is 0 Å². The van der Waals surface area contributed by atoms with Gasteiger partial charge in [-0.25, -0.2) is 4.98 Å². The summed E-state index contributed by atoms with van der Waals surface area (Å²) in [7, 11) is 1.73. The van der Waals surface area contributed by atoms with Gasteiger partial charge in [0.25, 0.3) is 5.56 Å². The number of nitrogens with one attached hydrogen (secondary N) is 1. The Kier molecular flexibility index (Phi) is 4.04.